The standard InChI is InChI=1S/C33H29BFN9/c34-33(24-9-4-6-21(14-24)17-37,30-20-44(43-42-30)26-11-12-26)41-25-15-27-31(23(18-38)19-39-32(27)28(35)16-25)40-29(10-5-13-36)22-7-2-1-3-8-22/h1-4,6-9,14-16,19-20,26,29,41-43H,5,10-12,34H2,(H,39,40). The number of hydrogen-bond donors (Lipinski definition) is 4. The van der Waals surface area contributed by atoms with Gasteiger partial charge in [0, 0.05) is 35.9 Å². The maximum atomic E-state index is 15.8. The van der Waals surface area contributed by atoms with Crippen molar-refractivity contribution in [3.05, 3.63) is 113 Å². The number of hydrazine groups is 2. The molecule has 0 saturated heterocycles. The average Bonchev–Trinajstić information content (AvgIpc) is 3.78. The van der Waals surface area contributed by atoms with Gasteiger partial charge in [0.05, 0.1) is 46.1 Å². The fraction of sp³-hybridized carbons (Fsp3) is 0.212. The molecule has 4 N–H and O–H groups in total. The highest BCUT2D eigenvalue weighted by Gasteiger charge is 2.38. The Morgan fingerprint density at radius 1 is 1.07 bits per heavy atom. The Bertz CT molecular complexity index is 1870. The molecule has 0 amide bonds. The van der Waals surface area contributed by atoms with E-state index in [0.29, 0.717) is 41.2 Å². The zero-order valence-electron chi connectivity index (χ0n) is 24.1. The molecular formula is C33H29BFN9. The van der Waals surface area contributed by atoms with Crippen LogP contribution in [0.3, 0.4) is 0 Å². The zero-order valence-corrected chi connectivity index (χ0v) is 24.1. The van der Waals surface area contributed by atoms with Gasteiger partial charge in [0.1, 0.15) is 19.4 Å². The largest absolute Gasteiger partial charge is 0.378 e. The van der Waals surface area contributed by atoms with Crippen molar-refractivity contribution in [2.45, 2.75) is 43.2 Å². The van der Waals surface area contributed by atoms with Crippen LogP contribution in [-0.2, 0) is 5.44 Å². The van der Waals surface area contributed by atoms with Crippen LogP contribution in [-0.4, -0.2) is 23.9 Å². The minimum Gasteiger partial charge on any atom is -0.378 e. The molecule has 1 saturated carbocycles. The molecular weight excluding hydrogens is 552 g/mol. The summed E-state index contributed by atoms with van der Waals surface area (Å²) in [7, 11) is 1.97. The quantitative estimate of drug-likeness (QED) is 0.195. The number of aromatic nitrogens is 1. The van der Waals surface area contributed by atoms with Gasteiger partial charge in [-0.1, -0.05) is 42.5 Å². The van der Waals surface area contributed by atoms with Gasteiger partial charge in [0.25, 0.3) is 0 Å². The number of nitriles is 3. The minimum atomic E-state index is -0.906. The molecule has 3 aromatic carbocycles. The average molecular weight is 581 g/mol. The van der Waals surface area contributed by atoms with Gasteiger partial charge in [0.15, 0.2) is 5.82 Å². The molecule has 1 aliphatic carbocycles. The Kier molecular flexibility index (Phi) is 7.77. The molecule has 0 bridgehead atoms. The molecule has 4 aromatic rings. The van der Waals surface area contributed by atoms with Gasteiger partial charge in [-0.05, 0) is 54.7 Å². The lowest BCUT2D eigenvalue weighted by Crippen LogP contribution is -2.45. The van der Waals surface area contributed by atoms with E-state index in [-0.39, 0.29) is 17.1 Å². The van der Waals surface area contributed by atoms with Crippen molar-refractivity contribution in [2.24, 2.45) is 0 Å². The predicted octanol–water partition coefficient (Wildman–Crippen LogP) is 4.80. The topological polar surface area (TPSA) is 136 Å². The fourth-order valence-electron chi connectivity index (χ4n) is 5.58. The lowest BCUT2D eigenvalue weighted by atomic mass is 9.69. The Morgan fingerprint density at radius 3 is 2.61 bits per heavy atom. The van der Waals surface area contributed by atoms with Crippen molar-refractivity contribution in [3.8, 4) is 18.2 Å². The normalized spacial score (nSPS) is 16.0. The second-order valence-electron chi connectivity index (χ2n) is 11.2. The second kappa shape index (κ2) is 12.0. The van der Waals surface area contributed by atoms with E-state index in [2.05, 4.69) is 44.8 Å². The second-order valence-corrected chi connectivity index (χ2v) is 11.2. The molecule has 0 radical (unpaired) electrons. The highest BCUT2D eigenvalue weighted by atomic mass is 19.1. The minimum absolute atomic E-state index is 0.122. The van der Waals surface area contributed by atoms with Gasteiger partial charge in [-0.15, -0.1) is 5.53 Å². The fourth-order valence-corrected chi connectivity index (χ4v) is 5.58. The Hall–Kier alpha value is -5.57. The smallest absolute Gasteiger partial charge is 0.151 e. The third-order valence-electron chi connectivity index (χ3n) is 8.14. The van der Waals surface area contributed by atoms with E-state index in [1.807, 2.05) is 67.6 Å². The molecule has 0 spiro atoms. The van der Waals surface area contributed by atoms with Crippen LogP contribution in [0.15, 0.2) is 84.8 Å². The van der Waals surface area contributed by atoms with Crippen LogP contribution in [0.5, 0.6) is 0 Å². The summed E-state index contributed by atoms with van der Waals surface area (Å²) < 4.78 is 15.8. The summed E-state index contributed by atoms with van der Waals surface area (Å²) in [6.07, 6.45) is 6.34. The summed E-state index contributed by atoms with van der Waals surface area (Å²) in [6.45, 7) is 0. The van der Waals surface area contributed by atoms with Crippen LogP contribution >= 0.6 is 0 Å². The monoisotopic (exact) mass is 581 g/mol. The number of nitrogens with one attached hydrogen (secondary N) is 4. The molecule has 2 unspecified atom stereocenters. The molecule has 216 valence electrons. The van der Waals surface area contributed by atoms with Gasteiger partial charge in [0.2, 0.25) is 0 Å². The first-order valence-electron chi connectivity index (χ1n) is 14.5. The number of fused-ring (bicyclic) bond motifs is 1. The van der Waals surface area contributed by atoms with Crippen LogP contribution in [0.2, 0.25) is 0 Å². The van der Waals surface area contributed by atoms with E-state index < -0.39 is 11.3 Å². The molecule has 1 fully saturated rings. The van der Waals surface area contributed by atoms with Gasteiger partial charge in [-0.25, -0.2) is 4.39 Å². The predicted molar refractivity (Wildman–Crippen MR) is 168 cm³/mol. The molecule has 44 heavy (non-hydrogen) atoms. The molecule has 1 aromatic heterocycles. The summed E-state index contributed by atoms with van der Waals surface area (Å²) in [6, 6.07) is 26.9. The third kappa shape index (κ3) is 5.59. The van der Waals surface area contributed by atoms with Crippen LogP contribution < -0.4 is 21.6 Å². The number of hydrogen-bond acceptors (Lipinski definition) is 9. The van der Waals surface area contributed by atoms with Crippen molar-refractivity contribution in [3.63, 3.8) is 0 Å². The Morgan fingerprint density at radius 2 is 1.89 bits per heavy atom. The molecule has 6 rings (SSSR count). The molecule has 2 atom stereocenters. The van der Waals surface area contributed by atoms with Gasteiger partial charge < -0.3 is 16.1 Å². The van der Waals surface area contributed by atoms with E-state index in [1.165, 1.54) is 12.3 Å². The van der Waals surface area contributed by atoms with E-state index >= 15 is 4.39 Å². The highest BCUT2D eigenvalue weighted by molar-refractivity contribution is 6.19. The van der Waals surface area contributed by atoms with Crippen molar-refractivity contribution in [1.82, 2.24) is 21.0 Å². The summed E-state index contributed by atoms with van der Waals surface area (Å²) in [5.74, 6) is -0.551. The molecule has 11 heteroatoms. The lowest BCUT2D eigenvalue weighted by Gasteiger charge is -2.34. The lowest BCUT2D eigenvalue weighted by molar-refractivity contribution is 0.260. The summed E-state index contributed by atoms with van der Waals surface area (Å²) in [4.78, 5) is 4.29. The van der Waals surface area contributed by atoms with Gasteiger partial charge >= 0.3 is 0 Å². The molecule has 1 aliphatic heterocycles. The van der Waals surface area contributed by atoms with Gasteiger partial charge in [-0.2, -0.15) is 15.8 Å². The van der Waals surface area contributed by atoms with E-state index in [1.54, 1.807) is 12.1 Å². The number of anilines is 2. The Labute approximate surface area is 256 Å². The van der Waals surface area contributed by atoms with E-state index in [9.17, 15) is 15.8 Å². The van der Waals surface area contributed by atoms with Crippen molar-refractivity contribution in [2.75, 3.05) is 10.6 Å². The van der Waals surface area contributed by atoms with Crippen molar-refractivity contribution < 1.29 is 4.39 Å². The number of halogens is 1. The first-order chi connectivity index (χ1) is 21.4. The summed E-state index contributed by atoms with van der Waals surface area (Å²) in [5, 5.41) is 38.4. The van der Waals surface area contributed by atoms with Crippen molar-refractivity contribution >= 4 is 30.1 Å². The number of benzene rings is 3. The van der Waals surface area contributed by atoms with E-state index in [0.717, 1.165) is 29.7 Å². The number of pyridine rings is 1. The number of rotatable bonds is 10. The first-order valence-corrected chi connectivity index (χ1v) is 14.5. The summed E-state index contributed by atoms with van der Waals surface area (Å²) >= 11 is 0. The highest BCUT2D eigenvalue weighted by Crippen LogP contribution is 2.38. The van der Waals surface area contributed by atoms with Crippen LogP contribution in [0, 0.1) is 39.8 Å². The molecule has 2 heterocycles. The molecule has 9 nitrogen and oxygen atoms in total. The molecule has 2 aliphatic rings. The van der Waals surface area contributed by atoms with Crippen molar-refractivity contribution in [1.29, 1.82) is 15.8 Å². The SMILES string of the molecule is BC(Nc1cc(F)c2ncc(C#N)c(NC(CCC#N)c3ccccc3)c2c1)(C1=CN(C2CC2)NN1)c1cccc(C#N)c1. The van der Waals surface area contributed by atoms with E-state index in [4.69, 9.17) is 0 Å². The zero-order chi connectivity index (χ0) is 30.7. The van der Waals surface area contributed by atoms with Crippen LogP contribution in [0.25, 0.3) is 10.9 Å². The first kappa shape index (κ1) is 28.5. The maximum absolute atomic E-state index is 15.8. The maximum Gasteiger partial charge on any atom is 0.151 e. The van der Waals surface area contributed by atoms with Gasteiger partial charge in [-0.3, -0.25) is 9.99 Å². The Balaban J connectivity index is 1.45. The van der Waals surface area contributed by atoms with Crippen LogP contribution in [0.4, 0.5) is 15.8 Å². The summed E-state index contributed by atoms with van der Waals surface area (Å²) in [5.41, 5.74) is 9.92. The van der Waals surface area contributed by atoms with Crippen LogP contribution in [0.1, 0.15) is 54.0 Å². The third-order valence-corrected chi connectivity index (χ3v) is 8.14. The number of nitrogens with zero attached hydrogens (tertiary/aromatic N) is 5.